The lowest BCUT2D eigenvalue weighted by Crippen LogP contribution is -1.85. The third-order valence-electron chi connectivity index (χ3n) is 1.44. The summed E-state index contributed by atoms with van der Waals surface area (Å²) in [5.41, 5.74) is 2.74. The monoisotopic (exact) mass is 144 g/mol. The molecule has 0 heterocycles. The Balaban J connectivity index is 0.000000179. The minimum atomic E-state index is 1.37. The van der Waals surface area contributed by atoms with Crippen LogP contribution in [-0.2, 0) is 0 Å². The van der Waals surface area contributed by atoms with E-state index < -0.39 is 0 Å². The van der Waals surface area contributed by atoms with Gasteiger partial charge in [-0.15, -0.1) is 6.58 Å². The van der Waals surface area contributed by atoms with Crippen LogP contribution < -0.4 is 0 Å². The van der Waals surface area contributed by atoms with Crippen LogP contribution in [0.25, 0.3) is 12.2 Å². The molecular weight excluding hydrogens is 132 g/mol. The van der Waals surface area contributed by atoms with Gasteiger partial charge in [0.15, 0.2) is 0 Å². The topological polar surface area (TPSA) is 0 Å². The number of hydrogen-bond acceptors (Lipinski definition) is 0. The minimum absolute atomic E-state index is 1.37. The van der Waals surface area contributed by atoms with Gasteiger partial charge in [-0.05, 0) is 18.1 Å². The first-order valence-electron chi connectivity index (χ1n) is 3.72. The third kappa shape index (κ3) is 1.81. The van der Waals surface area contributed by atoms with Gasteiger partial charge >= 0.3 is 0 Å². The van der Waals surface area contributed by atoms with Crippen molar-refractivity contribution in [2.45, 2.75) is 6.92 Å². The Morgan fingerprint density at radius 3 is 1.64 bits per heavy atom. The minimum Gasteiger partial charge on any atom is -0.103 e. The van der Waals surface area contributed by atoms with Crippen LogP contribution in [0.2, 0.25) is 0 Å². The molecule has 0 saturated heterocycles. The van der Waals surface area contributed by atoms with Crippen molar-refractivity contribution in [3.63, 3.8) is 0 Å². The Bertz CT molecular complexity index is 244. The van der Waals surface area contributed by atoms with Crippen LogP contribution >= 0.6 is 0 Å². The molecule has 11 heavy (non-hydrogen) atoms. The van der Waals surface area contributed by atoms with Crippen molar-refractivity contribution in [1.82, 2.24) is 0 Å². The fourth-order valence-electron chi connectivity index (χ4n) is 0.898. The van der Waals surface area contributed by atoms with Gasteiger partial charge in [0.05, 0.1) is 0 Å². The Hall–Kier alpha value is -1.30. The lowest BCUT2D eigenvalue weighted by atomic mass is 9.99. The standard InChI is InChI=1S/C8H6.C3H6/c1-2-4-8-6-5-7(8)3-1;1-3-2/h1-6H;3H,1H2,2H3. The zero-order chi connectivity index (χ0) is 8.10. The number of benzene rings is 1. The maximum Gasteiger partial charge on any atom is -0.0184 e. The summed E-state index contributed by atoms with van der Waals surface area (Å²) < 4.78 is 0. The van der Waals surface area contributed by atoms with Gasteiger partial charge in [-0.1, -0.05) is 42.5 Å². The second kappa shape index (κ2) is 3.77. The van der Waals surface area contributed by atoms with Gasteiger partial charge in [0, 0.05) is 0 Å². The van der Waals surface area contributed by atoms with E-state index in [1.165, 1.54) is 11.1 Å². The molecule has 0 atom stereocenters. The molecule has 2 rings (SSSR count). The fourth-order valence-corrected chi connectivity index (χ4v) is 0.898. The lowest BCUT2D eigenvalue weighted by Gasteiger charge is -2.06. The summed E-state index contributed by atoms with van der Waals surface area (Å²) in [6, 6.07) is 8.36. The molecule has 56 valence electrons. The highest BCUT2D eigenvalue weighted by Crippen LogP contribution is 2.21. The molecule has 0 aromatic heterocycles. The molecule has 0 amide bonds. The van der Waals surface area contributed by atoms with E-state index in [0.717, 1.165) is 0 Å². The van der Waals surface area contributed by atoms with Crippen molar-refractivity contribution in [2.75, 3.05) is 0 Å². The maximum atomic E-state index is 3.36. The van der Waals surface area contributed by atoms with E-state index in [4.69, 9.17) is 0 Å². The Morgan fingerprint density at radius 1 is 1.09 bits per heavy atom. The largest absolute Gasteiger partial charge is 0.103 e. The van der Waals surface area contributed by atoms with Crippen LogP contribution in [0.5, 0.6) is 0 Å². The highest BCUT2D eigenvalue weighted by Gasteiger charge is 1.99. The fraction of sp³-hybridized carbons (Fsp3) is 0.0909. The molecule has 0 nitrogen and oxygen atoms in total. The van der Waals surface area contributed by atoms with Crippen molar-refractivity contribution in [2.24, 2.45) is 0 Å². The molecule has 1 aliphatic carbocycles. The van der Waals surface area contributed by atoms with Crippen molar-refractivity contribution >= 4 is 12.2 Å². The van der Waals surface area contributed by atoms with Crippen LogP contribution in [0.15, 0.2) is 36.9 Å². The number of hydrogen-bond donors (Lipinski definition) is 0. The number of rotatable bonds is 0. The molecule has 1 aromatic rings. The van der Waals surface area contributed by atoms with E-state index in [-0.39, 0.29) is 0 Å². The molecule has 0 spiro atoms. The molecule has 0 saturated carbocycles. The van der Waals surface area contributed by atoms with Crippen LogP contribution in [0, 0.1) is 0 Å². The van der Waals surface area contributed by atoms with Gasteiger partial charge < -0.3 is 0 Å². The number of allylic oxidation sites excluding steroid dienone is 1. The average Bonchev–Trinajstić information content (AvgIpc) is 1.94. The van der Waals surface area contributed by atoms with Gasteiger partial charge in [0.25, 0.3) is 0 Å². The van der Waals surface area contributed by atoms with Crippen LogP contribution in [-0.4, -0.2) is 0 Å². The smallest absolute Gasteiger partial charge is 0.0184 e. The first-order chi connectivity index (χ1) is 5.38. The van der Waals surface area contributed by atoms with E-state index in [0.29, 0.717) is 0 Å². The quantitative estimate of drug-likeness (QED) is 0.497. The summed E-state index contributed by atoms with van der Waals surface area (Å²) in [6.07, 6.45) is 5.99. The Kier molecular flexibility index (Phi) is 2.67. The highest BCUT2D eigenvalue weighted by molar-refractivity contribution is 5.85. The summed E-state index contributed by atoms with van der Waals surface area (Å²) in [4.78, 5) is 0. The normalized spacial score (nSPS) is 10.3. The van der Waals surface area contributed by atoms with Crippen LogP contribution in [0.1, 0.15) is 18.1 Å². The molecule has 1 aliphatic rings. The van der Waals surface area contributed by atoms with E-state index in [9.17, 15) is 0 Å². The van der Waals surface area contributed by atoms with E-state index in [1.54, 1.807) is 6.08 Å². The third-order valence-corrected chi connectivity index (χ3v) is 1.44. The predicted molar refractivity (Wildman–Crippen MR) is 51.2 cm³/mol. The van der Waals surface area contributed by atoms with Crippen molar-refractivity contribution in [1.29, 1.82) is 0 Å². The molecule has 0 bridgehead atoms. The van der Waals surface area contributed by atoms with Gasteiger partial charge in [0.1, 0.15) is 0 Å². The zero-order valence-electron chi connectivity index (χ0n) is 6.75. The average molecular weight is 144 g/mol. The lowest BCUT2D eigenvalue weighted by molar-refractivity contribution is 1.58. The molecule has 0 heteroatoms. The molecule has 0 aliphatic heterocycles. The Labute approximate surface area is 67.9 Å². The second-order valence-electron chi connectivity index (χ2n) is 2.37. The van der Waals surface area contributed by atoms with Gasteiger partial charge in [-0.2, -0.15) is 0 Å². The van der Waals surface area contributed by atoms with E-state index in [2.05, 4.69) is 43.0 Å². The zero-order valence-corrected chi connectivity index (χ0v) is 6.75. The summed E-state index contributed by atoms with van der Waals surface area (Å²) in [7, 11) is 0. The summed E-state index contributed by atoms with van der Waals surface area (Å²) in [5, 5.41) is 0. The molecule has 0 fully saturated rings. The summed E-state index contributed by atoms with van der Waals surface area (Å²) >= 11 is 0. The molecule has 0 N–H and O–H groups in total. The van der Waals surface area contributed by atoms with Crippen molar-refractivity contribution < 1.29 is 0 Å². The van der Waals surface area contributed by atoms with Crippen LogP contribution in [0.4, 0.5) is 0 Å². The van der Waals surface area contributed by atoms with Crippen molar-refractivity contribution in [3.05, 3.63) is 48.0 Å². The molecule has 1 aromatic carbocycles. The SMILES string of the molecule is C1=Cc2ccccc21.C=CC. The van der Waals surface area contributed by atoms with E-state index in [1.807, 2.05) is 6.92 Å². The predicted octanol–water partition coefficient (Wildman–Crippen LogP) is 3.36. The molecular formula is C11H12. The molecule has 0 radical (unpaired) electrons. The number of fused-ring (bicyclic) bond motifs is 1. The van der Waals surface area contributed by atoms with Crippen LogP contribution in [0.3, 0.4) is 0 Å². The van der Waals surface area contributed by atoms with Gasteiger partial charge in [-0.25, -0.2) is 0 Å². The first kappa shape index (κ1) is 7.80. The summed E-state index contributed by atoms with van der Waals surface area (Å²) in [6.45, 7) is 5.25. The highest BCUT2D eigenvalue weighted by atomic mass is 14.0. The Morgan fingerprint density at radius 2 is 1.45 bits per heavy atom. The van der Waals surface area contributed by atoms with E-state index >= 15 is 0 Å². The van der Waals surface area contributed by atoms with Gasteiger partial charge in [0.2, 0.25) is 0 Å². The maximum absolute atomic E-state index is 3.36. The summed E-state index contributed by atoms with van der Waals surface area (Å²) in [5.74, 6) is 0. The first-order valence-corrected chi connectivity index (χ1v) is 3.72. The van der Waals surface area contributed by atoms with Gasteiger partial charge in [-0.3, -0.25) is 0 Å². The molecule has 0 unspecified atom stereocenters. The van der Waals surface area contributed by atoms with Crippen molar-refractivity contribution in [3.8, 4) is 0 Å². The second-order valence-corrected chi connectivity index (χ2v) is 2.37.